The Kier molecular flexibility index (Phi) is 3.95. The van der Waals surface area contributed by atoms with Crippen LogP contribution in [-0.4, -0.2) is 43.3 Å². The Morgan fingerprint density at radius 2 is 2.10 bits per heavy atom. The fourth-order valence-corrected chi connectivity index (χ4v) is 3.22. The summed E-state index contributed by atoms with van der Waals surface area (Å²) in [7, 11) is 0. The van der Waals surface area contributed by atoms with E-state index in [9.17, 15) is 4.79 Å². The molecule has 2 saturated heterocycles. The molecule has 0 aromatic carbocycles. The average molecular weight is 282 g/mol. The zero-order valence-corrected chi connectivity index (χ0v) is 11.9. The molecule has 2 aliphatic heterocycles. The van der Waals surface area contributed by atoms with E-state index in [4.69, 9.17) is 18.9 Å². The fourth-order valence-electron chi connectivity index (χ4n) is 3.22. The second kappa shape index (κ2) is 5.56. The lowest BCUT2D eigenvalue weighted by atomic mass is 9.94. The maximum Gasteiger partial charge on any atom is 0.190 e. The zero-order chi connectivity index (χ0) is 14.2. The number of ether oxygens (including phenoxy) is 4. The zero-order valence-electron chi connectivity index (χ0n) is 11.9. The van der Waals surface area contributed by atoms with Gasteiger partial charge in [0.2, 0.25) is 0 Å². The Morgan fingerprint density at radius 1 is 1.35 bits per heavy atom. The second-order valence-corrected chi connectivity index (χ2v) is 6.01. The lowest BCUT2D eigenvalue weighted by molar-refractivity contribution is -0.244. The first-order chi connectivity index (χ1) is 9.63. The van der Waals surface area contributed by atoms with E-state index < -0.39 is 24.3 Å². The van der Waals surface area contributed by atoms with Crippen LogP contribution < -0.4 is 0 Å². The van der Waals surface area contributed by atoms with Crippen molar-refractivity contribution in [3.05, 3.63) is 12.2 Å². The molecule has 0 unspecified atom stereocenters. The fraction of sp³-hybridized carbons (Fsp3) is 0.800. The highest BCUT2D eigenvalue weighted by Gasteiger charge is 2.58. The largest absolute Gasteiger partial charge is 0.368 e. The summed E-state index contributed by atoms with van der Waals surface area (Å²) in [6.07, 6.45) is 4.15. The molecule has 1 aliphatic carbocycles. The molecule has 0 N–H and O–H groups in total. The van der Waals surface area contributed by atoms with Crippen LogP contribution >= 0.6 is 0 Å². The highest BCUT2D eigenvalue weighted by atomic mass is 16.8. The third-order valence-electron chi connectivity index (χ3n) is 4.16. The van der Waals surface area contributed by atoms with E-state index in [2.05, 4.69) is 6.58 Å². The maximum absolute atomic E-state index is 11.1. The van der Waals surface area contributed by atoms with E-state index in [-0.39, 0.29) is 6.10 Å². The molecule has 0 aromatic rings. The van der Waals surface area contributed by atoms with Crippen molar-refractivity contribution in [3.63, 3.8) is 0 Å². The van der Waals surface area contributed by atoms with E-state index in [0.717, 1.165) is 37.5 Å². The van der Waals surface area contributed by atoms with E-state index in [1.807, 2.05) is 6.92 Å². The van der Waals surface area contributed by atoms with Gasteiger partial charge in [-0.25, -0.2) is 0 Å². The predicted molar refractivity (Wildman–Crippen MR) is 71.1 cm³/mol. The van der Waals surface area contributed by atoms with Crippen molar-refractivity contribution in [3.8, 4) is 0 Å². The second-order valence-electron chi connectivity index (χ2n) is 6.01. The molecule has 3 rings (SSSR count). The molecule has 0 bridgehead atoms. The van der Waals surface area contributed by atoms with Crippen LogP contribution in [0.3, 0.4) is 0 Å². The van der Waals surface area contributed by atoms with Crippen molar-refractivity contribution >= 4 is 6.29 Å². The predicted octanol–water partition coefficient (Wildman–Crippen LogP) is 1.95. The number of carbonyl (C=O) groups excluding carboxylic acids is 1. The normalized spacial score (nSPS) is 38.9. The summed E-state index contributed by atoms with van der Waals surface area (Å²) in [6.45, 7) is 6.10. The number of aldehydes is 1. The van der Waals surface area contributed by atoms with Gasteiger partial charge in [-0.3, -0.25) is 0 Å². The van der Waals surface area contributed by atoms with Crippen molar-refractivity contribution in [1.29, 1.82) is 0 Å². The van der Waals surface area contributed by atoms with Crippen LogP contribution in [0.4, 0.5) is 0 Å². The monoisotopic (exact) mass is 282 g/mol. The minimum Gasteiger partial charge on any atom is -0.368 e. The highest BCUT2D eigenvalue weighted by Crippen LogP contribution is 2.45. The minimum atomic E-state index is -0.620. The van der Waals surface area contributed by atoms with Crippen LogP contribution in [0, 0.1) is 0 Å². The molecule has 0 aromatic heterocycles. The van der Waals surface area contributed by atoms with Gasteiger partial charge in [0.1, 0.15) is 18.3 Å². The van der Waals surface area contributed by atoms with Gasteiger partial charge in [0.05, 0.1) is 6.61 Å². The van der Waals surface area contributed by atoms with Crippen molar-refractivity contribution in [1.82, 2.24) is 0 Å². The van der Waals surface area contributed by atoms with E-state index in [1.54, 1.807) is 0 Å². The van der Waals surface area contributed by atoms with Crippen LogP contribution in [0.2, 0.25) is 0 Å². The molecule has 5 nitrogen and oxygen atoms in total. The number of carbonyl (C=O) groups is 1. The third kappa shape index (κ3) is 2.55. The van der Waals surface area contributed by atoms with Gasteiger partial charge in [-0.05, 0) is 19.8 Å². The SMILES string of the molecule is C=C(C)CO[C@@H]1[C@H]2OC3(CCCCC3)O[C@H]2O[C@@H]1C=O. The molecule has 3 fully saturated rings. The lowest BCUT2D eigenvalue weighted by Crippen LogP contribution is -2.40. The van der Waals surface area contributed by atoms with Crippen LogP contribution in [0.5, 0.6) is 0 Å². The molecule has 0 amide bonds. The maximum atomic E-state index is 11.1. The number of hydrogen-bond donors (Lipinski definition) is 0. The van der Waals surface area contributed by atoms with Gasteiger partial charge in [0.15, 0.2) is 18.4 Å². The molecule has 2 heterocycles. The summed E-state index contributed by atoms with van der Waals surface area (Å²) in [6, 6.07) is 0. The molecule has 112 valence electrons. The summed E-state index contributed by atoms with van der Waals surface area (Å²) >= 11 is 0. The third-order valence-corrected chi connectivity index (χ3v) is 4.16. The van der Waals surface area contributed by atoms with Gasteiger partial charge in [-0.1, -0.05) is 18.6 Å². The summed E-state index contributed by atoms with van der Waals surface area (Å²) < 4.78 is 23.5. The van der Waals surface area contributed by atoms with Gasteiger partial charge in [0, 0.05) is 12.8 Å². The van der Waals surface area contributed by atoms with Crippen molar-refractivity contribution < 1.29 is 23.7 Å². The lowest BCUT2D eigenvalue weighted by Gasteiger charge is -2.33. The standard InChI is InChI=1S/C15H22O5/c1-10(2)9-17-12-11(8-16)18-14-13(12)19-15(20-14)6-4-3-5-7-15/h8,11-14H,1,3-7,9H2,2H3/t11-,12+,13-,14-/m1/s1. The summed E-state index contributed by atoms with van der Waals surface area (Å²) in [4.78, 5) is 11.1. The number of rotatable bonds is 4. The van der Waals surface area contributed by atoms with Gasteiger partial charge in [-0.2, -0.15) is 0 Å². The Balaban J connectivity index is 1.69. The first kappa shape index (κ1) is 14.2. The Labute approximate surface area is 119 Å². The molecular weight excluding hydrogens is 260 g/mol. The summed E-state index contributed by atoms with van der Waals surface area (Å²) in [5, 5.41) is 0. The molecule has 4 atom stereocenters. The van der Waals surface area contributed by atoms with Crippen molar-refractivity contribution in [2.75, 3.05) is 6.61 Å². The summed E-state index contributed by atoms with van der Waals surface area (Å²) in [5.74, 6) is -0.522. The van der Waals surface area contributed by atoms with Gasteiger partial charge >= 0.3 is 0 Å². The average Bonchev–Trinajstić information content (AvgIpc) is 2.91. The summed E-state index contributed by atoms with van der Waals surface area (Å²) in [5.41, 5.74) is 0.907. The number of fused-ring (bicyclic) bond motifs is 1. The van der Waals surface area contributed by atoms with Crippen LogP contribution in [0.15, 0.2) is 12.2 Å². The molecular formula is C15H22O5. The van der Waals surface area contributed by atoms with Crippen LogP contribution in [0.1, 0.15) is 39.0 Å². The van der Waals surface area contributed by atoms with E-state index >= 15 is 0 Å². The molecule has 0 radical (unpaired) electrons. The molecule has 1 saturated carbocycles. The van der Waals surface area contributed by atoms with Crippen molar-refractivity contribution in [2.24, 2.45) is 0 Å². The molecule has 3 aliphatic rings. The minimum absolute atomic E-state index is 0.317. The highest BCUT2D eigenvalue weighted by molar-refractivity contribution is 5.58. The molecule has 20 heavy (non-hydrogen) atoms. The van der Waals surface area contributed by atoms with Crippen molar-refractivity contribution in [2.45, 2.75) is 69.4 Å². The number of hydrogen-bond acceptors (Lipinski definition) is 5. The Morgan fingerprint density at radius 3 is 2.75 bits per heavy atom. The van der Waals surface area contributed by atoms with Crippen LogP contribution in [0.25, 0.3) is 0 Å². The molecule has 5 heteroatoms. The first-order valence-electron chi connectivity index (χ1n) is 7.36. The van der Waals surface area contributed by atoms with Gasteiger partial charge in [0.25, 0.3) is 0 Å². The first-order valence-corrected chi connectivity index (χ1v) is 7.36. The van der Waals surface area contributed by atoms with E-state index in [0.29, 0.717) is 6.61 Å². The quantitative estimate of drug-likeness (QED) is 0.582. The topological polar surface area (TPSA) is 54.0 Å². The Bertz CT molecular complexity index is 388. The van der Waals surface area contributed by atoms with E-state index in [1.165, 1.54) is 6.42 Å². The Hall–Kier alpha value is -0.750. The smallest absolute Gasteiger partial charge is 0.190 e. The molecule has 1 spiro atoms. The van der Waals surface area contributed by atoms with Gasteiger partial charge < -0.3 is 23.7 Å². The van der Waals surface area contributed by atoms with Crippen LogP contribution in [-0.2, 0) is 23.7 Å². The van der Waals surface area contributed by atoms with Gasteiger partial charge in [-0.15, -0.1) is 0 Å².